The maximum atomic E-state index is 12.3. The van der Waals surface area contributed by atoms with Gasteiger partial charge in [-0.3, -0.25) is 10.2 Å². The molecule has 23 heavy (non-hydrogen) atoms. The fourth-order valence-corrected chi connectivity index (χ4v) is 1.73. The summed E-state index contributed by atoms with van der Waals surface area (Å²) in [5.41, 5.74) is 4.01. The molecule has 0 saturated carbocycles. The molecule has 0 aliphatic rings. The minimum atomic E-state index is -0.577. The molecule has 0 aliphatic carbocycles. The second-order valence-electron chi connectivity index (χ2n) is 6.21. The molecule has 0 atom stereocenters. The van der Waals surface area contributed by atoms with Gasteiger partial charge in [0.15, 0.2) is 5.69 Å². The van der Waals surface area contributed by atoms with Crippen LogP contribution in [0.4, 0.5) is 5.69 Å². The van der Waals surface area contributed by atoms with Crippen molar-refractivity contribution in [3.63, 3.8) is 0 Å². The molecule has 0 saturated heterocycles. The van der Waals surface area contributed by atoms with Gasteiger partial charge in [0.05, 0.1) is 5.69 Å². The number of carbonyl (C=O) groups excluding carboxylic acids is 1. The number of Topliss-reactive ketones (excluding diaryl/α,β-unsaturated/α-hetero) is 1. The van der Waals surface area contributed by atoms with E-state index in [9.17, 15) is 4.79 Å². The third kappa shape index (κ3) is 4.04. The van der Waals surface area contributed by atoms with Crippen molar-refractivity contribution >= 4 is 17.2 Å². The van der Waals surface area contributed by atoms with E-state index in [4.69, 9.17) is 9.78 Å². The summed E-state index contributed by atoms with van der Waals surface area (Å²) < 4.78 is 5.17. The van der Waals surface area contributed by atoms with Crippen LogP contribution in [0.2, 0.25) is 0 Å². The molecule has 0 amide bonds. The van der Waals surface area contributed by atoms with Gasteiger partial charge < -0.3 is 4.52 Å². The lowest BCUT2D eigenvalue weighted by Crippen LogP contribution is -2.15. The van der Waals surface area contributed by atoms with Crippen molar-refractivity contribution in [1.29, 1.82) is 5.26 Å². The molecular weight excluding hydrogens is 292 g/mol. The summed E-state index contributed by atoms with van der Waals surface area (Å²) in [5.74, 6) is -0.00371. The predicted octanol–water partition coefficient (Wildman–Crippen LogP) is 3.45. The van der Waals surface area contributed by atoms with E-state index in [0.717, 1.165) is 5.56 Å². The quantitative estimate of drug-likeness (QED) is 0.530. The van der Waals surface area contributed by atoms with E-state index in [0.29, 0.717) is 11.4 Å². The number of anilines is 1. The van der Waals surface area contributed by atoms with E-state index in [1.165, 1.54) is 0 Å². The molecular formula is C17H18N4O2. The van der Waals surface area contributed by atoms with Crippen LogP contribution in [0, 0.1) is 18.3 Å². The minimum absolute atomic E-state index is 0.0703. The molecule has 0 fully saturated rings. The van der Waals surface area contributed by atoms with Gasteiger partial charge in [-0.2, -0.15) is 10.4 Å². The molecule has 0 unspecified atom stereocenters. The van der Waals surface area contributed by atoms with Crippen molar-refractivity contribution in [2.75, 3.05) is 5.43 Å². The van der Waals surface area contributed by atoms with E-state index >= 15 is 0 Å². The highest BCUT2D eigenvalue weighted by Gasteiger charge is 2.24. The number of rotatable bonds is 4. The van der Waals surface area contributed by atoms with Crippen LogP contribution in [0.1, 0.15) is 42.6 Å². The molecule has 0 radical (unpaired) electrons. The van der Waals surface area contributed by atoms with Crippen LogP contribution >= 0.6 is 0 Å². The fourth-order valence-electron chi connectivity index (χ4n) is 1.73. The van der Waals surface area contributed by atoms with Crippen LogP contribution < -0.4 is 5.43 Å². The maximum absolute atomic E-state index is 12.3. The molecule has 1 N–H and O–H groups in total. The number of hydrogen-bond acceptors (Lipinski definition) is 6. The first-order valence-corrected chi connectivity index (χ1v) is 7.13. The first kappa shape index (κ1) is 16.4. The van der Waals surface area contributed by atoms with Crippen molar-refractivity contribution in [3.8, 4) is 6.07 Å². The zero-order valence-corrected chi connectivity index (χ0v) is 13.5. The summed E-state index contributed by atoms with van der Waals surface area (Å²) in [6.45, 7) is 7.80. The van der Waals surface area contributed by atoms with Gasteiger partial charge in [0.25, 0.3) is 0 Å². The molecule has 6 heteroatoms. The molecule has 0 bridgehead atoms. The highest BCUT2D eigenvalue weighted by atomic mass is 16.5. The van der Waals surface area contributed by atoms with Gasteiger partial charge in [-0.25, -0.2) is 0 Å². The van der Waals surface area contributed by atoms with Gasteiger partial charge in [0.2, 0.25) is 11.5 Å². The minimum Gasteiger partial charge on any atom is -0.360 e. The molecule has 0 spiro atoms. The second-order valence-corrected chi connectivity index (χ2v) is 6.21. The summed E-state index contributed by atoms with van der Waals surface area (Å²) in [7, 11) is 0. The van der Waals surface area contributed by atoms with Gasteiger partial charge >= 0.3 is 0 Å². The van der Waals surface area contributed by atoms with Gasteiger partial charge in [-0.1, -0.05) is 43.6 Å². The lowest BCUT2D eigenvalue weighted by atomic mass is 9.93. The van der Waals surface area contributed by atoms with Gasteiger partial charge in [0, 0.05) is 11.5 Å². The smallest absolute Gasteiger partial charge is 0.245 e. The Labute approximate surface area is 134 Å². The number of benzene rings is 1. The Bertz CT molecular complexity index is 774. The van der Waals surface area contributed by atoms with E-state index in [1.807, 2.05) is 52.0 Å². The molecule has 1 heterocycles. The second kappa shape index (κ2) is 6.44. The average Bonchev–Trinajstić information content (AvgIpc) is 2.99. The number of carbonyl (C=O) groups is 1. The Morgan fingerprint density at radius 2 is 1.96 bits per heavy atom. The average molecular weight is 310 g/mol. The van der Waals surface area contributed by atoms with Crippen LogP contribution in [0.5, 0.6) is 0 Å². The highest BCUT2D eigenvalue weighted by Crippen LogP contribution is 2.22. The summed E-state index contributed by atoms with van der Waals surface area (Å²) in [6, 6.07) is 10.8. The summed E-state index contributed by atoms with van der Waals surface area (Å²) in [4.78, 5) is 12.3. The Hall–Kier alpha value is -2.94. The Morgan fingerprint density at radius 3 is 2.48 bits per heavy atom. The van der Waals surface area contributed by atoms with Crippen LogP contribution in [0.15, 0.2) is 40.0 Å². The molecule has 0 aliphatic heterocycles. The summed E-state index contributed by atoms with van der Waals surface area (Å²) >= 11 is 0. The van der Waals surface area contributed by atoms with Gasteiger partial charge in [0.1, 0.15) is 11.8 Å². The summed E-state index contributed by atoms with van der Waals surface area (Å²) in [6.07, 6.45) is 0. The first-order valence-electron chi connectivity index (χ1n) is 7.13. The third-order valence-corrected chi connectivity index (χ3v) is 3.15. The Morgan fingerprint density at radius 1 is 1.30 bits per heavy atom. The fraction of sp³-hybridized carbons (Fsp3) is 0.294. The third-order valence-electron chi connectivity index (χ3n) is 3.15. The number of ketones is 1. The number of aromatic nitrogens is 1. The van der Waals surface area contributed by atoms with Crippen molar-refractivity contribution in [3.05, 3.63) is 47.3 Å². The van der Waals surface area contributed by atoms with Crippen LogP contribution in [0.25, 0.3) is 0 Å². The number of nitrogens with one attached hydrogen (secondary N) is 1. The van der Waals surface area contributed by atoms with E-state index in [-0.39, 0.29) is 16.8 Å². The predicted molar refractivity (Wildman–Crippen MR) is 87.4 cm³/mol. The number of aryl methyl sites for hydroxylation is 1. The molecule has 1 aromatic heterocycles. The van der Waals surface area contributed by atoms with Crippen LogP contribution in [-0.4, -0.2) is 16.7 Å². The number of hydrogen-bond donors (Lipinski definition) is 1. The maximum Gasteiger partial charge on any atom is 0.245 e. The number of nitriles is 1. The Kier molecular flexibility index (Phi) is 4.60. The Balaban J connectivity index is 2.18. The normalized spacial score (nSPS) is 11.9. The van der Waals surface area contributed by atoms with Crippen molar-refractivity contribution in [2.45, 2.75) is 33.1 Å². The van der Waals surface area contributed by atoms with E-state index in [1.54, 1.807) is 12.1 Å². The number of hydrazone groups is 1. The van der Waals surface area contributed by atoms with E-state index in [2.05, 4.69) is 15.7 Å². The summed E-state index contributed by atoms with van der Waals surface area (Å²) in [5, 5.41) is 16.7. The standard InChI is InChI=1S/C17H18N4O2/c1-11-5-7-12(8-6-11)19-20-14(10-18)16(22)13-9-15(23-21-13)17(2,3)4/h5-9,19H,1-4H3/b20-14+. The molecule has 118 valence electrons. The number of nitrogens with zero attached hydrogens (tertiary/aromatic N) is 3. The molecule has 2 rings (SSSR count). The lowest BCUT2D eigenvalue weighted by molar-refractivity contribution is 0.105. The van der Waals surface area contributed by atoms with Crippen molar-refractivity contribution in [1.82, 2.24) is 5.16 Å². The van der Waals surface area contributed by atoms with E-state index < -0.39 is 5.78 Å². The lowest BCUT2D eigenvalue weighted by Gasteiger charge is -2.11. The van der Waals surface area contributed by atoms with Gasteiger partial charge in [-0.05, 0) is 19.1 Å². The first-order chi connectivity index (χ1) is 10.8. The van der Waals surface area contributed by atoms with Crippen LogP contribution in [-0.2, 0) is 5.41 Å². The van der Waals surface area contributed by atoms with Gasteiger partial charge in [-0.15, -0.1) is 0 Å². The van der Waals surface area contributed by atoms with Crippen molar-refractivity contribution < 1.29 is 9.32 Å². The highest BCUT2D eigenvalue weighted by molar-refractivity contribution is 6.51. The molecule has 2 aromatic rings. The largest absolute Gasteiger partial charge is 0.360 e. The van der Waals surface area contributed by atoms with Crippen molar-refractivity contribution in [2.24, 2.45) is 5.10 Å². The zero-order chi connectivity index (χ0) is 17.0. The topological polar surface area (TPSA) is 91.3 Å². The zero-order valence-electron chi connectivity index (χ0n) is 13.5. The molecule has 6 nitrogen and oxygen atoms in total. The monoisotopic (exact) mass is 310 g/mol. The SMILES string of the molecule is Cc1ccc(N/N=C(\C#N)C(=O)c2cc(C(C)(C)C)on2)cc1. The molecule has 1 aromatic carbocycles. The van der Waals surface area contributed by atoms with Crippen LogP contribution in [0.3, 0.4) is 0 Å².